The first kappa shape index (κ1) is 9.79. The molecule has 1 aromatic rings. The molecule has 0 atom stereocenters. The third-order valence-electron chi connectivity index (χ3n) is 1.40. The van der Waals surface area contributed by atoms with E-state index in [1.54, 1.807) is 0 Å². The van der Waals surface area contributed by atoms with Gasteiger partial charge in [-0.1, -0.05) is 0 Å². The molecule has 4 N–H and O–H groups in total. The summed E-state index contributed by atoms with van der Waals surface area (Å²) in [6.45, 7) is 0.00306. The minimum Gasteiger partial charge on any atom is -0.394 e. The lowest BCUT2D eigenvalue weighted by Gasteiger charge is -2.04. The second kappa shape index (κ2) is 3.61. The Morgan fingerprint density at radius 2 is 2.15 bits per heavy atom. The minimum atomic E-state index is -0.491. The van der Waals surface area contributed by atoms with Crippen LogP contribution in [-0.4, -0.2) is 10.5 Å². The average Bonchev–Trinajstić information content (AvgIpc) is 1.98. The van der Waals surface area contributed by atoms with Crippen molar-refractivity contribution in [3.63, 3.8) is 0 Å². The number of carbonyl (C=O) groups is 1. The highest BCUT2D eigenvalue weighted by molar-refractivity contribution is 9.10. The Balaban J connectivity index is 3.13. The molecule has 5 nitrogen and oxygen atoms in total. The second-order valence-corrected chi connectivity index (χ2v) is 3.38. The lowest BCUT2D eigenvalue weighted by atomic mass is 10.4. The Morgan fingerprint density at radius 3 is 2.62 bits per heavy atom. The first-order chi connectivity index (χ1) is 6.00. The van der Waals surface area contributed by atoms with Crippen molar-refractivity contribution in [1.82, 2.24) is 4.57 Å². The van der Waals surface area contributed by atoms with Gasteiger partial charge in [0.1, 0.15) is 6.54 Å². The molecule has 1 aromatic heterocycles. The second-order valence-electron chi connectivity index (χ2n) is 2.53. The lowest BCUT2D eigenvalue weighted by Crippen LogP contribution is -2.21. The highest BCUT2D eigenvalue weighted by Crippen LogP contribution is 2.05. The van der Waals surface area contributed by atoms with Gasteiger partial charge in [-0.05, 0) is 15.9 Å². The largest absolute Gasteiger partial charge is 0.394 e. The van der Waals surface area contributed by atoms with Crippen molar-refractivity contribution in [3.8, 4) is 0 Å². The average molecular weight is 246 g/mol. The fourth-order valence-electron chi connectivity index (χ4n) is 0.888. The van der Waals surface area contributed by atoms with Crippen LogP contribution in [0.15, 0.2) is 21.7 Å². The number of carbonyl (C=O) groups excluding carboxylic acids is 1. The quantitative estimate of drug-likeness (QED) is 0.748. The third kappa shape index (κ3) is 2.32. The molecular formula is C7H8BrN3O2. The van der Waals surface area contributed by atoms with Gasteiger partial charge >= 0.3 is 0 Å². The monoisotopic (exact) mass is 245 g/mol. The third-order valence-corrected chi connectivity index (χ3v) is 1.97. The van der Waals surface area contributed by atoms with E-state index in [1.165, 1.54) is 17.0 Å². The number of amides is 1. The molecular weight excluding hydrogens is 238 g/mol. The number of rotatable bonds is 2. The molecule has 0 radical (unpaired) electrons. The molecule has 0 aromatic carbocycles. The van der Waals surface area contributed by atoms with Gasteiger partial charge in [0, 0.05) is 12.4 Å². The number of nitrogens with two attached hydrogens (primary N) is 2. The van der Waals surface area contributed by atoms with E-state index in [-0.39, 0.29) is 17.7 Å². The Morgan fingerprint density at radius 1 is 1.54 bits per heavy atom. The molecule has 1 heterocycles. The van der Waals surface area contributed by atoms with Crippen LogP contribution in [0.5, 0.6) is 0 Å². The maximum atomic E-state index is 11.1. The van der Waals surface area contributed by atoms with Crippen LogP contribution in [0.1, 0.15) is 0 Å². The zero-order valence-corrected chi connectivity index (χ0v) is 8.24. The fraction of sp³-hybridized carbons (Fsp3) is 0.143. The molecule has 0 saturated heterocycles. The summed E-state index contributed by atoms with van der Waals surface area (Å²) in [5.41, 5.74) is 10.1. The van der Waals surface area contributed by atoms with E-state index < -0.39 is 5.91 Å². The number of hydrogen-bond acceptors (Lipinski definition) is 3. The number of nitrogen functional groups attached to an aromatic ring is 1. The molecule has 0 aliphatic rings. The van der Waals surface area contributed by atoms with Gasteiger partial charge in [0.25, 0.3) is 0 Å². The van der Waals surface area contributed by atoms with Crippen LogP contribution in [0.25, 0.3) is 0 Å². The summed E-state index contributed by atoms with van der Waals surface area (Å²) in [7, 11) is 0. The van der Waals surface area contributed by atoms with Gasteiger partial charge in [0.15, 0.2) is 0 Å². The summed E-state index contributed by atoms with van der Waals surface area (Å²) in [5.74, 6) is -0.491. The predicted octanol–water partition coefficient (Wildman–Crippen LogP) is -0.322. The molecule has 1 rings (SSSR count). The first-order valence-corrected chi connectivity index (χ1v) is 4.23. The summed E-state index contributed by atoms with van der Waals surface area (Å²) < 4.78 is 1.76. The van der Waals surface area contributed by atoms with Crippen LogP contribution in [0.3, 0.4) is 0 Å². The molecule has 13 heavy (non-hydrogen) atoms. The number of nitrogens with zero attached hydrogens (tertiary/aromatic N) is 1. The Labute approximate surface area is 82.5 Å². The first-order valence-electron chi connectivity index (χ1n) is 3.44. The van der Waals surface area contributed by atoms with Crippen molar-refractivity contribution in [2.75, 3.05) is 5.73 Å². The smallest absolute Gasteiger partial charge is 0.237 e. The van der Waals surface area contributed by atoms with Crippen molar-refractivity contribution >= 4 is 27.5 Å². The molecule has 0 spiro atoms. The molecule has 0 fully saturated rings. The van der Waals surface area contributed by atoms with Crippen LogP contribution < -0.4 is 16.9 Å². The zero-order chi connectivity index (χ0) is 10.0. The molecule has 0 saturated carbocycles. The van der Waals surface area contributed by atoms with E-state index in [4.69, 9.17) is 11.5 Å². The highest BCUT2D eigenvalue weighted by atomic mass is 79.9. The van der Waals surface area contributed by atoms with Crippen LogP contribution in [-0.2, 0) is 11.3 Å². The van der Waals surface area contributed by atoms with E-state index >= 15 is 0 Å². The molecule has 1 amide bonds. The minimum absolute atomic E-state index is 0.00306. The molecule has 0 unspecified atom stereocenters. The van der Waals surface area contributed by atoms with Gasteiger partial charge in [-0.15, -0.1) is 0 Å². The van der Waals surface area contributed by atoms with Gasteiger partial charge in [-0.25, -0.2) is 0 Å². The summed E-state index contributed by atoms with van der Waals surface area (Å²) in [5, 5.41) is 0. The number of halogens is 1. The predicted molar refractivity (Wildman–Crippen MR) is 52.0 cm³/mol. The number of aromatic nitrogens is 1. The van der Waals surface area contributed by atoms with E-state index in [1.807, 2.05) is 0 Å². The summed E-state index contributed by atoms with van der Waals surface area (Å²) in [6, 6.07) is 0. The van der Waals surface area contributed by atoms with Crippen LogP contribution in [0.2, 0.25) is 0 Å². The van der Waals surface area contributed by atoms with Crippen molar-refractivity contribution < 1.29 is 4.79 Å². The summed E-state index contributed by atoms with van der Waals surface area (Å²) in [4.78, 5) is 21.6. The van der Waals surface area contributed by atoms with Gasteiger partial charge in [-0.2, -0.15) is 0 Å². The maximum Gasteiger partial charge on any atom is 0.237 e. The number of primary amides is 1. The van der Waals surface area contributed by atoms with E-state index in [9.17, 15) is 9.59 Å². The van der Waals surface area contributed by atoms with E-state index in [2.05, 4.69) is 15.9 Å². The van der Waals surface area contributed by atoms with Crippen molar-refractivity contribution in [2.24, 2.45) is 5.73 Å². The van der Waals surface area contributed by atoms with E-state index in [0.29, 0.717) is 4.47 Å². The van der Waals surface area contributed by atoms with E-state index in [0.717, 1.165) is 0 Å². The van der Waals surface area contributed by atoms with Crippen LogP contribution in [0, 0.1) is 0 Å². The SMILES string of the molecule is NC(=O)Cn1cc(N)c(=O)c(Br)c1. The Kier molecular flexibility index (Phi) is 2.72. The van der Waals surface area contributed by atoms with Gasteiger partial charge in [0.2, 0.25) is 11.3 Å². The fourth-order valence-corrected chi connectivity index (χ4v) is 1.38. The number of hydrogen-bond donors (Lipinski definition) is 2. The highest BCUT2D eigenvalue weighted by Gasteiger charge is 2.03. The molecule has 6 heteroatoms. The summed E-state index contributed by atoms with van der Waals surface area (Å²) in [6.07, 6.45) is 2.83. The van der Waals surface area contributed by atoms with Crippen molar-refractivity contribution in [3.05, 3.63) is 27.1 Å². The Hall–Kier alpha value is -1.30. The van der Waals surface area contributed by atoms with Crippen LogP contribution in [0.4, 0.5) is 5.69 Å². The van der Waals surface area contributed by atoms with Gasteiger partial charge in [0.05, 0.1) is 10.2 Å². The van der Waals surface area contributed by atoms with Crippen molar-refractivity contribution in [1.29, 1.82) is 0 Å². The van der Waals surface area contributed by atoms with Gasteiger partial charge in [-0.3, -0.25) is 9.59 Å². The summed E-state index contributed by atoms with van der Waals surface area (Å²) >= 11 is 3.02. The molecule has 0 bridgehead atoms. The number of pyridine rings is 1. The molecule has 0 aliphatic heterocycles. The normalized spacial score (nSPS) is 9.92. The van der Waals surface area contributed by atoms with Gasteiger partial charge < -0.3 is 16.0 Å². The number of anilines is 1. The molecule has 70 valence electrons. The lowest BCUT2D eigenvalue weighted by molar-refractivity contribution is -0.118. The topological polar surface area (TPSA) is 91.1 Å². The molecule has 0 aliphatic carbocycles. The van der Waals surface area contributed by atoms with Crippen LogP contribution >= 0.6 is 15.9 Å². The van der Waals surface area contributed by atoms with Crippen molar-refractivity contribution in [2.45, 2.75) is 6.54 Å². The standard InChI is InChI=1S/C7H8BrN3O2/c8-4-1-11(3-6(10)12)2-5(9)7(4)13/h1-2H,3,9H2,(H2,10,12). The Bertz CT molecular complexity index is 373. The zero-order valence-electron chi connectivity index (χ0n) is 6.66. The maximum absolute atomic E-state index is 11.1.